The highest BCUT2D eigenvalue weighted by Gasteiger charge is 2.24. The molecule has 0 radical (unpaired) electrons. The molecule has 0 spiro atoms. The van der Waals surface area contributed by atoms with Crippen molar-refractivity contribution in [1.29, 1.82) is 0 Å². The van der Waals surface area contributed by atoms with Crippen LogP contribution in [-0.2, 0) is 9.53 Å². The van der Waals surface area contributed by atoms with Crippen LogP contribution in [-0.4, -0.2) is 41.7 Å². The molecular formula is C13H14N2O4S2. The molecule has 0 aromatic carbocycles. The van der Waals surface area contributed by atoms with E-state index in [-0.39, 0.29) is 0 Å². The van der Waals surface area contributed by atoms with Crippen LogP contribution in [0.15, 0.2) is 17.5 Å². The fourth-order valence-electron chi connectivity index (χ4n) is 1.66. The second-order valence-corrected chi connectivity index (χ2v) is 6.09. The quantitative estimate of drug-likeness (QED) is 0.812. The molecule has 1 amide bonds. The third-order valence-electron chi connectivity index (χ3n) is 2.71. The van der Waals surface area contributed by atoms with Gasteiger partial charge < -0.3 is 15.2 Å². The fraction of sp³-hybridized carbons (Fsp3) is 0.308. The first-order chi connectivity index (χ1) is 10.1. The SMILES string of the molecule is COC(=O)C(CO)NC(=O)c1sc(-c2cccs2)nc1C. The number of ether oxygens (including phenoxy) is 1. The van der Waals surface area contributed by atoms with E-state index in [2.05, 4.69) is 15.0 Å². The standard InChI is InChI=1S/C13H14N2O4S2/c1-7-10(11(17)15-8(6-16)13(18)19-2)21-12(14-7)9-4-3-5-20-9/h3-5,8,16H,6H2,1-2H3,(H,15,17). The maximum atomic E-state index is 12.2. The van der Waals surface area contributed by atoms with Gasteiger partial charge in [0, 0.05) is 0 Å². The van der Waals surface area contributed by atoms with Crippen LogP contribution in [0.3, 0.4) is 0 Å². The van der Waals surface area contributed by atoms with Crippen molar-refractivity contribution in [2.75, 3.05) is 13.7 Å². The van der Waals surface area contributed by atoms with Crippen LogP contribution in [0.1, 0.15) is 15.4 Å². The molecule has 2 heterocycles. The topological polar surface area (TPSA) is 88.5 Å². The lowest BCUT2D eigenvalue weighted by Crippen LogP contribution is -2.44. The summed E-state index contributed by atoms with van der Waals surface area (Å²) in [5, 5.41) is 14.3. The molecule has 0 bridgehead atoms. The molecule has 8 heteroatoms. The van der Waals surface area contributed by atoms with Gasteiger partial charge >= 0.3 is 5.97 Å². The number of nitrogens with one attached hydrogen (secondary N) is 1. The van der Waals surface area contributed by atoms with Crippen molar-refractivity contribution in [2.24, 2.45) is 0 Å². The van der Waals surface area contributed by atoms with E-state index in [1.807, 2.05) is 17.5 Å². The van der Waals surface area contributed by atoms with Crippen molar-refractivity contribution in [3.8, 4) is 9.88 Å². The Morgan fingerprint density at radius 1 is 1.52 bits per heavy atom. The van der Waals surface area contributed by atoms with Crippen LogP contribution in [0, 0.1) is 6.92 Å². The van der Waals surface area contributed by atoms with Gasteiger partial charge in [0.2, 0.25) is 0 Å². The molecule has 0 saturated heterocycles. The molecule has 2 rings (SSSR count). The molecule has 0 fully saturated rings. The predicted molar refractivity (Wildman–Crippen MR) is 80.5 cm³/mol. The summed E-state index contributed by atoms with van der Waals surface area (Å²) in [6.45, 7) is 1.21. The van der Waals surface area contributed by atoms with E-state index in [0.717, 1.165) is 9.88 Å². The molecule has 0 aliphatic carbocycles. The number of aliphatic hydroxyl groups is 1. The average Bonchev–Trinajstić information content (AvgIpc) is 3.12. The molecule has 1 unspecified atom stereocenters. The number of thiazole rings is 1. The highest BCUT2D eigenvalue weighted by atomic mass is 32.1. The summed E-state index contributed by atoms with van der Waals surface area (Å²) in [6.07, 6.45) is 0. The normalized spacial score (nSPS) is 12.0. The number of aliphatic hydroxyl groups excluding tert-OH is 1. The van der Waals surface area contributed by atoms with Crippen LogP contribution < -0.4 is 5.32 Å². The first-order valence-electron chi connectivity index (χ1n) is 6.07. The molecule has 1 atom stereocenters. The van der Waals surface area contributed by atoms with Gasteiger partial charge in [0.1, 0.15) is 9.88 Å². The number of thiophene rings is 1. The van der Waals surface area contributed by atoms with E-state index in [1.54, 1.807) is 6.92 Å². The number of carbonyl (C=O) groups excluding carboxylic acids is 2. The Balaban J connectivity index is 2.18. The van der Waals surface area contributed by atoms with Gasteiger partial charge in [-0.25, -0.2) is 9.78 Å². The van der Waals surface area contributed by atoms with E-state index in [0.29, 0.717) is 10.6 Å². The maximum Gasteiger partial charge on any atom is 0.330 e. The zero-order valence-electron chi connectivity index (χ0n) is 11.5. The number of nitrogens with zero attached hydrogens (tertiary/aromatic N) is 1. The Labute approximate surface area is 129 Å². The smallest absolute Gasteiger partial charge is 0.330 e. The summed E-state index contributed by atoms with van der Waals surface area (Å²) in [5.74, 6) is -1.14. The maximum absolute atomic E-state index is 12.2. The third-order valence-corrected chi connectivity index (χ3v) is 4.90. The second-order valence-electron chi connectivity index (χ2n) is 4.14. The van der Waals surface area contributed by atoms with E-state index >= 15 is 0 Å². The van der Waals surface area contributed by atoms with E-state index in [1.165, 1.54) is 29.8 Å². The summed E-state index contributed by atoms with van der Waals surface area (Å²) in [5.41, 5.74) is 0.586. The monoisotopic (exact) mass is 326 g/mol. The van der Waals surface area contributed by atoms with Crippen molar-refractivity contribution >= 4 is 34.6 Å². The van der Waals surface area contributed by atoms with Crippen molar-refractivity contribution in [2.45, 2.75) is 13.0 Å². The summed E-state index contributed by atoms with van der Waals surface area (Å²) in [7, 11) is 1.20. The van der Waals surface area contributed by atoms with Crippen molar-refractivity contribution in [3.05, 3.63) is 28.1 Å². The minimum atomic E-state index is -1.07. The number of amides is 1. The number of aromatic nitrogens is 1. The van der Waals surface area contributed by atoms with E-state index in [4.69, 9.17) is 5.11 Å². The molecule has 0 saturated carbocycles. The molecule has 21 heavy (non-hydrogen) atoms. The largest absolute Gasteiger partial charge is 0.467 e. The zero-order valence-corrected chi connectivity index (χ0v) is 13.1. The number of carbonyl (C=O) groups is 2. The van der Waals surface area contributed by atoms with Gasteiger partial charge in [-0.2, -0.15) is 0 Å². The van der Waals surface area contributed by atoms with Crippen molar-refractivity contribution in [1.82, 2.24) is 10.3 Å². The summed E-state index contributed by atoms with van der Waals surface area (Å²) >= 11 is 2.79. The van der Waals surface area contributed by atoms with Gasteiger partial charge in [-0.15, -0.1) is 22.7 Å². The van der Waals surface area contributed by atoms with Gasteiger partial charge in [0.25, 0.3) is 5.91 Å². The molecule has 2 aromatic rings. The van der Waals surface area contributed by atoms with Gasteiger partial charge in [-0.3, -0.25) is 4.79 Å². The highest BCUT2D eigenvalue weighted by molar-refractivity contribution is 7.22. The number of aryl methyl sites for hydroxylation is 1. The Morgan fingerprint density at radius 2 is 2.29 bits per heavy atom. The van der Waals surface area contributed by atoms with Crippen molar-refractivity contribution in [3.63, 3.8) is 0 Å². The predicted octanol–water partition coefficient (Wildman–Crippen LogP) is 1.44. The molecule has 2 aromatic heterocycles. The minimum absolute atomic E-state index is 0.417. The average molecular weight is 326 g/mol. The lowest BCUT2D eigenvalue weighted by Gasteiger charge is -2.13. The number of methoxy groups -OCH3 is 1. The first-order valence-corrected chi connectivity index (χ1v) is 7.77. The van der Waals surface area contributed by atoms with Crippen LogP contribution in [0.5, 0.6) is 0 Å². The van der Waals surface area contributed by atoms with Gasteiger partial charge in [-0.05, 0) is 18.4 Å². The number of rotatable bonds is 5. The Bertz CT molecular complexity index is 637. The summed E-state index contributed by atoms with van der Waals surface area (Å²) < 4.78 is 4.51. The lowest BCUT2D eigenvalue weighted by molar-refractivity contribution is -0.143. The fourth-order valence-corrected chi connectivity index (χ4v) is 3.42. The third kappa shape index (κ3) is 3.46. The number of hydrogen-bond donors (Lipinski definition) is 2. The molecular weight excluding hydrogens is 312 g/mol. The van der Waals surface area contributed by atoms with Crippen molar-refractivity contribution < 1.29 is 19.4 Å². The molecule has 2 N–H and O–H groups in total. The Morgan fingerprint density at radius 3 is 2.86 bits per heavy atom. The van der Waals surface area contributed by atoms with Crippen LogP contribution in [0.4, 0.5) is 0 Å². The Hall–Kier alpha value is -1.77. The van der Waals surface area contributed by atoms with Gasteiger partial charge in [-0.1, -0.05) is 6.07 Å². The number of hydrogen-bond acceptors (Lipinski definition) is 7. The molecule has 0 aliphatic heterocycles. The number of esters is 1. The van der Waals surface area contributed by atoms with Crippen LogP contribution in [0.2, 0.25) is 0 Å². The van der Waals surface area contributed by atoms with Gasteiger partial charge in [0.05, 0.1) is 24.3 Å². The summed E-state index contributed by atoms with van der Waals surface area (Å²) in [4.78, 5) is 29.3. The lowest BCUT2D eigenvalue weighted by atomic mass is 10.3. The molecule has 112 valence electrons. The van der Waals surface area contributed by atoms with E-state index in [9.17, 15) is 9.59 Å². The van der Waals surface area contributed by atoms with Gasteiger partial charge in [0.15, 0.2) is 6.04 Å². The molecule has 0 aliphatic rings. The molecule has 6 nitrogen and oxygen atoms in total. The first kappa shape index (κ1) is 15.6. The Kier molecular flexibility index (Phi) is 5.05. The zero-order chi connectivity index (χ0) is 15.4. The minimum Gasteiger partial charge on any atom is -0.467 e. The van der Waals surface area contributed by atoms with Crippen LogP contribution in [0.25, 0.3) is 9.88 Å². The summed E-state index contributed by atoms with van der Waals surface area (Å²) in [6, 6.07) is 2.76. The van der Waals surface area contributed by atoms with Crippen LogP contribution >= 0.6 is 22.7 Å². The van der Waals surface area contributed by atoms with E-state index < -0.39 is 24.5 Å². The highest BCUT2D eigenvalue weighted by Crippen LogP contribution is 2.30. The second kappa shape index (κ2) is 6.79.